The number of carbonyl (C=O) groups excluding carboxylic acids is 2. The number of carboxylic acids is 1. The van der Waals surface area contributed by atoms with Gasteiger partial charge in [0.05, 0.1) is 23.8 Å². The van der Waals surface area contributed by atoms with Gasteiger partial charge in [0, 0.05) is 0 Å². The second kappa shape index (κ2) is 14.0. The summed E-state index contributed by atoms with van der Waals surface area (Å²) in [7, 11) is -3.12. The van der Waals surface area contributed by atoms with Gasteiger partial charge in [-0.2, -0.15) is 18.2 Å². The Hall–Kier alpha value is -4.34. The average molecular weight is 730 g/mol. The Kier molecular flexibility index (Phi) is 10.7. The van der Waals surface area contributed by atoms with Gasteiger partial charge in [-0.25, -0.2) is 9.78 Å². The van der Waals surface area contributed by atoms with Crippen molar-refractivity contribution in [3.63, 3.8) is 0 Å². The van der Waals surface area contributed by atoms with Crippen LogP contribution in [0, 0.1) is 0 Å². The molecule has 0 aliphatic carbocycles. The van der Waals surface area contributed by atoms with E-state index in [1.807, 2.05) is 28.8 Å². The number of nitrogens with two attached hydrogens (primary N) is 2. The molecule has 2 atom stereocenters. The smallest absolute Gasteiger partial charge is 0.418 e. The molecule has 1 saturated heterocycles. The molecule has 260 valence electrons. The molecule has 0 unspecified atom stereocenters. The highest BCUT2D eigenvalue weighted by atomic mass is 35.5. The third kappa shape index (κ3) is 8.02. The number of hydrogen-bond acceptors (Lipinski definition) is 13. The number of benzene rings is 1. The third-order valence-electron chi connectivity index (χ3n) is 7.27. The van der Waals surface area contributed by atoms with Gasteiger partial charge >= 0.3 is 16.4 Å². The van der Waals surface area contributed by atoms with Gasteiger partial charge in [0.25, 0.3) is 17.4 Å². The van der Waals surface area contributed by atoms with E-state index < -0.39 is 57.7 Å². The van der Waals surface area contributed by atoms with E-state index in [1.54, 1.807) is 24.3 Å². The maximum Gasteiger partial charge on any atom is 0.418 e. The summed E-state index contributed by atoms with van der Waals surface area (Å²) in [6, 6.07) is 5.54. The number of oxime groups is 1. The highest BCUT2D eigenvalue weighted by Crippen LogP contribution is 2.33. The van der Waals surface area contributed by atoms with Gasteiger partial charge in [-0.1, -0.05) is 40.2 Å². The van der Waals surface area contributed by atoms with Gasteiger partial charge in [0.2, 0.25) is 6.20 Å². The van der Waals surface area contributed by atoms with Crippen LogP contribution >= 0.6 is 22.9 Å². The van der Waals surface area contributed by atoms with Crippen LogP contribution in [0.4, 0.5) is 5.13 Å². The molecule has 1 aliphatic rings. The number of anilines is 1. The van der Waals surface area contributed by atoms with E-state index in [0.29, 0.717) is 17.4 Å². The van der Waals surface area contributed by atoms with Gasteiger partial charge in [0.1, 0.15) is 28.4 Å². The van der Waals surface area contributed by atoms with Gasteiger partial charge < -0.3 is 31.5 Å². The first-order chi connectivity index (χ1) is 22.4. The molecule has 7 N–H and O–H groups in total. The molecule has 3 heterocycles. The maximum absolute atomic E-state index is 13.4. The van der Waals surface area contributed by atoms with Gasteiger partial charge in [-0.15, -0.1) is 8.97 Å². The number of aliphatic carboxylic acids is 1. The molecule has 0 bridgehead atoms. The van der Waals surface area contributed by atoms with Crippen LogP contribution in [-0.2, 0) is 47.5 Å². The predicted octanol–water partition coefficient (Wildman–Crippen LogP) is 0.504. The summed E-state index contributed by atoms with van der Waals surface area (Å²) in [5.41, 5.74) is 8.65. The number of nitrogen functional groups attached to an aromatic ring is 1. The van der Waals surface area contributed by atoms with E-state index in [-0.39, 0.29) is 15.2 Å². The molecule has 2 aromatic heterocycles. The number of carbonyl (C=O) groups is 3. The number of aromatic nitrogens is 3. The molecule has 4 rings (SSSR count). The van der Waals surface area contributed by atoms with Crippen LogP contribution in [0.25, 0.3) is 11.1 Å². The van der Waals surface area contributed by atoms with Crippen molar-refractivity contribution in [1.29, 1.82) is 0 Å². The Bertz CT molecular complexity index is 1840. The molecule has 2 amide bonds. The molecule has 0 spiro atoms. The minimum atomic E-state index is -5.04. The molecule has 48 heavy (non-hydrogen) atoms. The maximum atomic E-state index is 13.4. The summed E-state index contributed by atoms with van der Waals surface area (Å²) in [5.74, 6) is -3.30. The van der Waals surface area contributed by atoms with E-state index in [0.717, 1.165) is 42.4 Å². The number of rotatable bonds is 15. The minimum absolute atomic E-state index is 0.0584. The van der Waals surface area contributed by atoms with Crippen LogP contribution in [0.15, 0.2) is 41.8 Å². The van der Waals surface area contributed by atoms with Crippen LogP contribution in [-0.4, -0.2) is 86.6 Å². The predicted molar refractivity (Wildman–Crippen MR) is 171 cm³/mol. The number of carboxylic acid groups (broad SMARTS) is 1. The Labute approximate surface area is 283 Å². The monoisotopic (exact) mass is 729 g/mol. The van der Waals surface area contributed by atoms with E-state index in [9.17, 15) is 27.9 Å². The lowest BCUT2D eigenvalue weighted by Gasteiger charge is -2.50. The number of halogens is 1. The number of nitrogens with one attached hydrogen (secondary N) is 1. The molecule has 1 aromatic carbocycles. The highest BCUT2D eigenvalue weighted by Gasteiger charge is 2.58. The van der Waals surface area contributed by atoms with E-state index in [4.69, 9.17) is 37.2 Å². The zero-order valence-corrected chi connectivity index (χ0v) is 28.5. The van der Waals surface area contributed by atoms with Gasteiger partial charge in [-0.05, 0) is 51.4 Å². The largest absolute Gasteiger partial charge is 0.489 e. The summed E-state index contributed by atoms with van der Waals surface area (Å²) in [6.07, 6.45) is 4.77. The number of nitrogens with zero attached hydrogens (tertiary/aromatic N) is 5. The second-order valence-corrected chi connectivity index (χ2v) is 14.0. The van der Waals surface area contributed by atoms with Crippen molar-refractivity contribution in [2.45, 2.75) is 50.9 Å². The van der Waals surface area contributed by atoms with Crippen molar-refractivity contribution in [3.05, 3.63) is 46.7 Å². The summed E-state index contributed by atoms with van der Waals surface area (Å²) in [5, 5.41) is 16.4. The molecule has 3 aromatic rings. The van der Waals surface area contributed by atoms with Gasteiger partial charge in [-0.3, -0.25) is 14.1 Å². The number of β-lactam (4-membered cyclic amide) rings is 1. The van der Waals surface area contributed by atoms with Crippen LogP contribution in [0.5, 0.6) is 5.75 Å². The van der Waals surface area contributed by atoms with E-state index >= 15 is 0 Å². The Morgan fingerprint density at radius 2 is 1.94 bits per heavy atom. The average Bonchev–Trinajstić information content (AvgIpc) is 3.55. The molecule has 1 fully saturated rings. The minimum Gasteiger partial charge on any atom is -0.489 e. The van der Waals surface area contributed by atoms with Crippen molar-refractivity contribution in [3.8, 4) is 16.9 Å². The fourth-order valence-electron chi connectivity index (χ4n) is 4.50. The van der Waals surface area contributed by atoms with Crippen LogP contribution in [0.1, 0.15) is 32.9 Å². The lowest BCUT2D eigenvalue weighted by molar-refractivity contribution is -0.753. The molecular weight excluding hydrogens is 696 g/mol. The molecular formula is C27H34ClN8O10S2+. The normalized spacial score (nSPS) is 17.4. The van der Waals surface area contributed by atoms with E-state index in [2.05, 4.69) is 19.7 Å². The molecule has 21 heteroatoms. The number of hydrogen-bond donors (Lipinski definition) is 5. The second-order valence-electron chi connectivity index (χ2n) is 11.3. The molecule has 1 aliphatic heterocycles. The SMILES string of the molecule is C[n+]1cc(-c2ccc(OC[C@@](C)(O/N=C(\C(=O)N[C@@H]3C(=O)N(OS(=O)(=O)O)C3(C)C)c3nc(N)sc3Cl)C(=O)O)cc2)cn1CCCN. The molecule has 0 radical (unpaired) electrons. The topological polar surface area (TPSA) is 255 Å². The molecule has 0 saturated carbocycles. The fourth-order valence-corrected chi connectivity index (χ4v) is 5.88. The van der Waals surface area contributed by atoms with Crippen molar-refractivity contribution in [1.82, 2.24) is 20.0 Å². The lowest BCUT2D eigenvalue weighted by atomic mass is 9.84. The zero-order valence-electron chi connectivity index (χ0n) is 26.1. The highest BCUT2D eigenvalue weighted by molar-refractivity contribution is 7.80. The Morgan fingerprint density at radius 1 is 1.27 bits per heavy atom. The first kappa shape index (κ1) is 36.5. The first-order valence-electron chi connectivity index (χ1n) is 14.1. The van der Waals surface area contributed by atoms with Gasteiger partial charge in [0.15, 0.2) is 17.9 Å². The molecule has 18 nitrogen and oxygen atoms in total. The number of amides is 2. The zero-order chi connectivity index (χ0) is 35.6. The summed E-state index contributed by atoms with van der Waals surface area (Å²) in [6.45, 7) is 4.62. The number of ether oxygens (including phenoxy) is 1. The van der Waals surface area contributed by atoms with Crippen LogP contribution < -0.4 is 26.2 Å². The van der Waals surface area contributed by atoms with E-state index in [1.165, 1.54) is 13.8 Å². The number of aryl methyl sites for hydroxylation is 2. The van der Waals surface area contributed by atoms with Crippen LogP contribution in [0.2, 0.25) is 4.34 Å². The quantitative estimate of drug-likeness (QED) is 0.0470. The van der Waals surface area contributed by atoms with Crippen molar-refractivity contribution < 1.29 is 51.0 Å². The fraction of sp³-hybridized carbons (Fsp3) is 0.407. The number of hydroxylamine groups is 2. The first-order valence-corrected chi connectivity index (χ1v) is 16.7. The van der Waals surface area contributed by atoms with Crippen LogP contribution in [0.3, 0.4) is 0 Å². The Morgan fingerprint density at radius 3 is 2.48 bits per heavy atom. The standard InChI is InChI=1S/C27H33ClN8O10S2/c1-26(2)20(23(38)36(26)46-48(41,42)43)32-22(37)19(18-21(28)47-25(30)31-18)33-45-27(3,24(39)40)14-44-17-8-6-15(7-9-17)16-12-34(4)35(13-16)11-5-10-29/h6-9,12-13,20H,5,10-11,14,29H2,1-4H3,(H4-,30,31,32,37,39,40,41,42,43)/p+1/b33-19-/t20-,27-/m1/s1. The van der Waals surface area contributed by atoms with Crippen molar-refractivity contribution >= 4 is 62.0 Å². The third-order valence-corrected chi connectivity index (χ3v) is 8.69. The van der Waals surface area contributed by atoms with Crippen molar-refractivity contribution in [2.75, 3.05) is 18.9 Å². The Balaban J connectivity index is 1.51. The van der Waals surface area contributed by atoms with Crippen molar-refractivity contribution in [2.24, 2.45) is 17.9 Å². The summed E-state index contributed by atoms with van der Waals surface area (Å²) >= 11 is 7.00. The summed E-state index contributed by atoms with van der Waals surface area (Å²) in [4.78, 5) is 47.6. The lowest BCUT2D eigenvalue weighted by Crippen LogP contribution is -2.76. The summed E-state index contributed by atoms with van der Waals surface area (Å²) < 4.78 is 45.1. The number of thiazole rings is 1.